The minimum Gasteiger partial charge on any atom is -0.466 e. The first-order valence-corrected chi connectivity index (χ1v) is 25.8. The van der Waals surface area contributed by atoms with E-state index in [4.69, 9.17) is 4.74 Å². The van der Waals surface area contributed by atoms with Crippen molar-refractivity contribution >= 4 is 11.9 Å². The SMILES string of the molecule is CCCCCCCC/C=C\CCCCCCCC(=O)OCCCCC/C=C\CCCCCCCC(=O)NC(CO)C(O)/C=C/CCCCCCCCCCCCCCC. The molecule has 6 heteroatoms. The molecule has 0 aromatic rings. The van der Waals surface area contributed by atoms with E-state index in [-0.39, 0.29) is 18.5 Å². The van der Waals surface area contributed by atoms with E-state index in [9.17, 15) is 19.8 Å². The van der Waals surface area contributed by atoms with Gasteiger partial charge in [0, 0.05) is 12.8 Å². The molecule has 59 heavy (non-hydrogen) atoms. The van der Waals surface area contributed by atoms with Crippen molar-refractivity contribution in [1.29, 1.82) is 0 Å². The second kappa shape index (κ2) is 48.7. The summed E-state index contributed by atoms with van der Waals surface area (Å²) < 4.78 is 5.44. The number of amides is 1. The van der Waals surface area contributed by atoms with Crippen molar-refractivity contribution in [2.45, 2.75) is 276 Å². The molecular weight excluding hydrogens is 731 g/mol. The quantitative estimate of drug-likeness (QED) is 0.0323. The minimum absolute atomic E-state index is 0.0329. The smallest absolute Gasteiger partial charge is 0.305 e. The summed E-state index contributed by atoms with van der Waals surface area (Å²) in [6, 6.07) is -0.647. The monoisotopic (exact) mass is 830 g/mol. The van der Waals surface area contributed by atoms with Crippen LogP contribution in [0.25, 0.3) is 0 Å². The van der Waals surface area contributed by atoms with Crippen LogP contribution in [0.4, 0.5) is 0 Å². The van der Waals surface area contributed by atoms with Gasteiger partial charge in [0.05, 0.1) is 25.4 Å². The molecule has 0 aliphatic carbocycles. The number of esters is 1. The molecule has 6 nitrogen and oxygen atoms in total. The van der Waals surface area contributed by atoms with E-state index in [1.54, 1.807) is 6.08 Å². The Bertz CT molecular complexity index is 962. The zero-order chi connectivity index (χ0) is 43.0. The summed E-state index contributed by atoms with van der Waals surface area (Å²) in [6.45, 7) is 4.83. The van der Waals surface area contributed by atoms with Gasteiger partial charge >= 0.3 is 5.97 Å². The van der Waals surface area contributed by atoms with Gasteiger partial charge in [-0.05, 0) is 89.9 Å². The number of carbonyl (C=O) groups is 2. The Hall–Kier alpha value is -1.92. The van der Waals surface area contributed by atoms with Crippen LogP contribution in [0.3, 0.4) is 0 Å². The van der Waals surface area contributed by atoms with Gasteiger partial charge in [-0.2, -0.15) is 0 Å². The highest BCUT2D eigenvalue weighted by Gasteiger charge is 2.18. The van der Waals surface area contributed by atoms with Crippen molar-refractivity contribution in [2.75, 3.05) is 13.2 Å². The standard InChI is InChI=1S/C53H99NO5/c1-3-5-7-9-11-13-15-17-19-21-25-29-33-37-41-45-51(56)50(49-55)54-52(57)46-42-38-34-30-26-23-24-28-32-36-40-44-48-59-53(58)47-43-39-35-31-27-22-20-18-16-14-12-10-8-6-4-2/h18,20,24,28,41,45,50-51,55-56H,3-17,19,21-23,25-27,29-40,42-44,46-49H2,1-2H3,(H,54,57)/b20-18-,28-24-,45-41+. The van der Waals surface area contributed by atoms with Gasteiger partial charge in [-0.3, -0.25) is 9.59 Å². The lowest BCUT2D eigenvalue weighted by atomic mass is 10.0. The number of allylic oxidation sites excluding steroid dienone is 5. The van der Waals surface area contributed by atoms with Crippen molar-refractivity contribution < 1.29 is 24.5 Å². The molecule has 0 heterocycles. The molecule has 0 bridgehead atoms. The van der Waals surface area contributed by atoms with Gasteiger partial charge in [0.2, 0.25) is 5.91 Å². The van der Waals surface area contributed by atoms with E-state index >= 15 is 0 Å². The molecule has 0 saturated carbocycles. The molecule has 1 amide bonds. The predicted molar refractivity (Wildman–Crippen MR) is 255 cm³/mol. The fourth-order valence-corrected chi connectivity index (χ4v) is 7.62. The lowest BCUT2D eigenvalue weighted by molar-refractivity contribution is -0.143. The van der Waals surface area contributed by atoms with E-state index in [1.807, 2.05) is 6.08 Å². The minimum atomic E-state index is -0.861. The number of carbonyl (C=O) groups excluding carboxylic acids is 2. The van der Waals surface area contributed by atoms with Gasteiger partial charge in [0.25, 0.3) is 0 Å². The average molecular weight is 830 g/mol. The van der Waals surface area contributed by atoms with Gasteiger partial charge in [0.15, 0.2) is 0 Å². The van der Waals surface area contributed by atoms with E-state index in [0.29, 0.717) is 19.4 Å². The first kappa shape index (κ1) is 57.1. The normalized spacial score (nSPS) is 12.9. The van der Waals surface area contributed by atoms with Crippen molar-refractivity contribution in [3.63, 3.8) is 0 Å². The molecule has 2 unspecified atom stereocenters. The van der Waals surface area contributed by atoms with Crippen molar-refractivity contribution in [2.24, 2.45) is 0 Å². The summed E-state index contributed by atoms with van der Waals surface area (Å²) in [4.78, 5) is 24.4. The summed E-state index contributed by atoms with van der Waals surface area (Å²) in [5.41, 5.74) is 0. The van der Waals surface area contributed by atoms with Crippen LogP contribution < -0.4 is 5.32 Å². The van der Waals surface area contributed by atoms with Gasteiger partial charge in [0.1, 0.15) is 0 Å². The Morgan fingerprint density at radius 3 is 1.20 bits per heavy atom. The molecule has 0 radical (unpaired) electrons. The average Bonchev–Trinajstić information content (AvgIpc) is 3.24. The number of hydrogen-bond donors (Lipinski definition) is 3. The maximum Gasteiger partial charge on any atom is 0.305 e. The Kier molecular flexibility index (Phi) is 47.2. The zero-order valence-corrected chi connectivity index (χ0v) is 39.2. The number of aliphatic hydroxyl groups excluding tert-OH is 2. The first-order chi connectivity index (χ1) is 29.0. The summed E-state index contributed by atoms with van der Waals surface area (Å²) in [7, 11) is 0. The molecule has 3 N–H and O–H groups in total. The molecule has 0 saturated heterocycles. The van der Waals surface area contributed by atoms with Crippen LogP contribution in [-0.2, 0) is 14.3 Å². The Morgan fingerprint density at radius 1 is 0.458 bits per heavy atom. The number of aliphatic hydroxyl groups is 2. The third-order valence-electron chi connectivity index (χ3n) is 11.6. The van der Waals surface area contributed by atoms with Crippen molar-refractivity contribution in [3.8, 4) is 0 Å². The highest BCUT2D eigenvalue weighted by molar-refractivity contribution is 5.76. The molecule has 346 valence electrons. The molecule has 0 aromatic heterocycles. The molecule has 0 spiro atoms. The fourth-order valence-electron chi connectivity index (χ4n) is 7.62. The molecule has 0 aromatic carbocycles. The van der Waals surface area contributed by atoms with Crippen LogP contribution in [0.2, 0.25) is 0 Å². The number of nitrogens with one attached hydrogen (secondary N) is 1. The topological polar surface area (TPSA) is 95.9 Å². The van der Waals surface area contributed by atoms with E-state index < -0.39 is 12.1 Å². The van der Waals surface area contributed by atoms with Gasteiger partial charge < -0.3 is 20.3 Å². The van der Waals surface area contributed by atoms with Crippen molar-refractivity contribution in [1.82, 2.24) is 5.32 Å². The highest BCUT2D eigenvalue weighted by Crippen LogP contribution is 2.15. The Balaban J connectivity index is 3.55. The second-order valence-electron chi connectivity index (χ2n) is 17.5. The van der Waals surface area contributed by atoms with Crippen LogP contribution in [0, 0.1) is 0 Å². The van der Waals surface area contributed by atoms with Crippen LogP contribution >= 0.6 is 0 Å². The maximum absolute atomic E-state index is 12.4. The second-order valence-corrected chi connectivity index (χ2v) is 17.5. The molecule has 0 aliphatic heterocycles. The number of rotatable bonds is 47. The molecule has 0 aliphatic rings. The largest absolute Gasteiger partial charge is 0.466 e. The van der Waals surface area contributed by atoms with Crippen LogP contribution in [-0.4, -0.2) is 47.4 Å². The maximum atomic E-state index is 12.4. The number of hydrogen-bond acceptors (Lipinski definition) is 5. The number of ether oxygens (including phenoxy) is 1. The lowest BCUT2D eigenvalue weighted by Crippen LogP contribution is -2.45. The third kappa shape index (κ3) is 45.4. The van der Waals surface area contributed by atoms with Gasteiger partial charge in [-0.1, -0.05) is 198 Å². The highest BCUT2D eigenvalue weighted by atomic mass is 16.5. The lowest BCUT2D eigenvalue weighted by Gasteiger charge is -2.20. The van der Waals surface area contributed by atoms with Gasteiger partial charge in [-0.15, -0.1) is 0 Å². The predicted octanol–water partition coefficient (Wildman–Crippen LogP) is 15.3. The fraction of sp³-hybridized carbons (Fsp3) is 0.849. The zero-order valence-electron chi connectivity index (χ0n) is 39.2. The Labute approximate surface area is 366 Å². The van der Waals surface area contributed by atoms with Crippen LogP contribution in [0.5, 0.6) is 0 Å². The van der Waals surface area contributed by atoms with E-state index in [1.165, 1.54) is 154 Å². The number of unbranched alkanes of at least 4 members (excludes halogenated alkanes) is 32. The van der Waals surface area contributed by atoms with E-state index in [0.717, 1.165) is 83.5 Å². The molecular formula is C53H99NO5. The summed E-state index contributed by atoms with van der Waals surface area (Å²) in [6.07, 6.45) is 58.5. The van der Waals surface area contributed by atoms with Crippen LogP contribution in [0.15, 0.2) is 36.5 Å². The van der Waals surface area contributed by atoms with Crippen molar-refractivity contribution in [3.05, 3.63) is 36.5 Å². The first-order valence-electron chi connectivity index (χ1n) is 25.8. The Morgan fingerprint density at radius 2 is 0.797 bits per heavy atom. The molecule has 2 atom stereocenters. The molecule has 0 rings (SSSR count). The van der Waals surface area contributed by atoms with E-state index in [2.05, 4.69) is 43.5 Å². The third-order valence-corrected chi connectivity index (χ3v) is 11.6. The summed E-state index contributed by atoms with van der Waals surface area (Å²) >= 11 is 0. The summed E-state index contributed by atoms with van der Waals surface area (Å²) in [5, 5.41) is 23.0. The van der Waals surface area contributed by atoms with Gasteiger partial charge in [-0.25, -0.2) is 0 Å². The van der Waals surface area contributed by atoms with Crippen LogP contribution in [0.1, 0.15) is 264 Å². The summed E-state index contributed by atoms with van der Waals surface area (Å²) in [5.74, 6) is -0.127. The molecule has 0 fully saturated rings.